The second kappa shape index (κ2) is 4.22. The molecule has 0 fully saturated rings. The van der Waals surface area contributed by atoms with Crippen LogP contribution in [0.5, 0.6) is 0 Å². The molecule has 2 rings (SSSR count). The van der Waals surface area contributed by atoms with Crippen molar-refractivity contribution in [2.24, 2.45) is 0 Å². The predicted molar refractivity (Wildman–Crippen MR) is 63.8 cm³/mol. The summed E-state index contributed by atoms with van der Waals surface area (Å²) in [5.41, 5.74) is 9.19. The third-order valence-electron chi connectivity index (χ3n) is 2.60. The minimum atomic E-state index is 0.835. The summed E-state index contributed by atoms with van der Waals surface area (Å²) in [7, 11) is 0. The van der Waals surface area contributed by atoms with Crippen LogP contribution in [-0.2, 0) is 13.0 Å². The highest BCUT2D eigenvalue weighted by atomic mass is 14.9. The normalized spacial score (nSPS) is 10.5. The van der Waals surface area contributed by atoms with Crippen LogP contribution < -0.4 is 5.73 Å². The molecule has 1 aromatic carbocycles. The van der Waals surface area contributed by atoms with Gasteiger partial charge in [-0.1, -0.05) is 12.1 Å². The second-order valence-electron chi connectivity index (χ2n) is 3.71. The highest BCUT2D eigenvalue weighted by molar-refractivity contribution is 5.41. The van der Waals surface area contributed by atoms with E-state index in [1.165, 1.54) is 11.3 Å². The lowest BCUT2D eigenvalue weighted by atomic mass is 10.1. The number of hydrogen-bond acceptors (Lipinski definition) is 1. The maximum atomic E-state index is 5.75. The molecule has 2 N–H and O–H groups in total. The van der Waals surface area contributed by atoms with E-state index >= 15 is 0 Å². The molecule has 0 aliphatic carbocycles. The fraction of sp³-hybridized carbons (Fsp3) is 0.231. The van der Waals surface area contributed by atoms with Crippen LogP contribution in [0.3, 0.4) is 0 Å². The van der Waals surface area contributed by atoms with Gasteiger partial charge in [0, 0.05) is 30.5 Å². The molecule has 2 heteroatoms. The molecule has 1 heterocycles. The summed E-state index contributed by atoms with van der Waals surface area (Å²) in [6, 6.07) is 12.3. The summed E-state index contributed by atoms with van der Waals surface area (Å²) >= 11 is 0. The average Bonchev–Trinajstić information content (AvgIpc) is 2.65. The molecule has 2 nitrogen and oxygen atoms in total. The van der Waals surface area contributed by atoms with Gasteiger partial charge in [0.25, 0.3) is 0 Å². The molecule has 0 radical (unpaired) electrons. The van der Waals surface area contributed by atoms with Crippen LogP contribution in [0.2, 0.25) is 0 Å². The molecular weight excluding hydrogens is 184 g/mol. The van der Waals surface area contributed by atoms with E-state index in [0.717, 1.165) is 18.7 Å². The van der Waals surface area contributed by atoms with Crippen molar-refractivity contribution in [1.29, 1.82) is 0 Å². The van der Waals surface area contributed by atoms with Crippen LogP contribution >= 0.6 is 0 Å². The first kappa shape index (κ1) is 9.84. The summed E-state index contributed by atoms with van der Waals surface area (Å²) in [5.74, 6) is 0. The molecule has 0 saturated carbocycles. The number of aromatic nitrogens is 1. The van der Waals surface area contributed by atoms with Gasteiger partial charge in [-0.2, -0.15) is 0 Å². The lowest BCUT2D eigenvalue weighted by Crippen LogP contribution is -2.00. The van der Waals surface area contributed by atoms with E-state index in [4.69, 9.17) is 5.73 Å². The largest absolute Gasteiger partial charge is 0.399 e. The Morgan fingerprint density at radius 2 is 2.07 bits per heavy atom. The van der Waals surface area contributed by atoms with Crippen molar-refractivity contribution in [2.75, 3.05) is 5.73 Å². The molecule has 0 saturated heterocycles. The van der Waals surface area contributed by atoms with Gasteiger partial charge < -0.3 is 10.3 Å². The van der Waals surface area contributed by atoms with Gasteiger partial charge in [-0.3, -0.25) is 0 Å². The van der Waals surface area contributed by atoms with Crippen molar-refractivity contribution >= 4 is 5.69 Å². The first-order chi connectivity index (χ1) is 7.29. The van der Waals surface area contributed by atoms with Crippen molar-refractivity contribution in [2.45, 2.75) is 19.9 Å². The lowest BCUT2D eigenvalue weighted by molar-refractivity contribution is 0.728. The Morgan fingerprint density at radius 1 is 1.20 bits per heavy atom. The summed E-state index contributed by atoms with van der Waals surface area (Å²) in [6.07, 6.45) is 3.06. The van der Waals surface area contributed by atoms with E-state index in [1.54, 1.807) is 0 Å². The van der Waals surface area contributed by atoms with Crippen molar-refractivity contribution in [3.8, 4) is 0 Å². The van der Waals surface area contributed by atoms with E-state index in [1.807, 2.05) is 18.2 Å². The van der Waals surface area contributed by atoms with Gasteiger partial charge in [0.2, 0.25) is 0 Å². The number of nitrogens with two attached hydrogens (primary N) is 1. The third kappa shape index (κ3) is 2.21. The summed E-state index contributed by atoms with van der Waals surface area (Å²) in [4.78, 5) is 0. The van der Waals surface area contributed by atoms with Gasteiger partial charge in [0.15, 0.2) is 0 Å². The molecule has 0 spiro atoms. The van der Waals surface area contributed by atoms with Gasteiger partial charge in [-0.15, -0.1) is 0 Å². The standard InChI is InChI=1S/C13H16N2/c1-2-15-8-4-7-13(15)10-11-5-3-6-12(14)9-11/h3-9H,2,10,14H2,1H3. The molecular formula is C13H16N2. The number of benzene rings is 1. The van der Waals surface area contributed by atoms with E-state index in [9.17, 15) is 0 Å². The number of nitrogen functional groups attached to an aromatic ring is 1. The van der Waals surface area contributed by atoms with Crippen LogP contribution in [0.1, 0.15) is 18.2 Å². The number of nitrogens with zero attached hydrogens (tertiary/aromatic N) is 1. The second-order valence-corrected chi connectivity index (χ2v) is 3.71. The molecule has 0 amide bonds. The molecule has 0 unspecified atom stereocenters. The van der Waals surface area contributed by atoms with Crippen LogP contribution in [0, 0.1) is 0 Å². The van der Waals surface area contributed by atoms with Crippen LogP contribution in [-0.4, -0.2) is 4.57 Å². The highest BCUT2D eigenvalue weighted by Gasteiger charge is 2.00. The molecule has 15 heavy (non-hydrogen) atoms. The van der Waals surface area contributed by atoms with E-state index in [0.29, 0.717) is 0 Å². The Hall–Kier alpha value is -1.70. The average molecular weight is 200 g/mol. The highest BCUT2D eigenvalue weighted by Crippen LogP contribution is 2.13. The number of anilines is 1. The van der Waals surface area contributed by atoms with Crippen LogP contribution in [0.4, 0.5) is 5.69 Å². The summed E-state index contributed by atoms with van der Waals surface area (Å²) < 4.78 is 2.25. The zero-order valence-corrected chi connectivity index (χ0v) is 8.98. The Kier molecular flexibility index (Phi) is 2.77. The van der Waals surface area contributed by atoms with Gasteiger partial charge >= 0.3 is 0 Å². The molecule has 0 bridgehead atoms. The zero-order chi connectivity index (χ0) is 10.7. The molecule has 0 aliphatic rings. The van der Waals surface area contributed by atoms with Crippen LogP contribution in [0.15, 0.2) is 42.6 Å². The van der Waals surface area contributed by atoms with Crippen molar-refractivity contribution in [3.63, 3.8) is 0 Å². The predicted octanol–water partition coefficient (Wildman–Crippen LogP) is 2.68. The van der Waals surface area contributed by atoms with Gasteiger partial charge in [0.05, 0.1) is 0 Å². The maximum Gasteiger partial charge on any atom is 0.0316 e. The summed E-state index contributed by atoms with van der Waals surface area (Å²) in [5, 5.41) is 0. The van der Waals surface area contributed by atoms with E-state index in [-0.39, 0.29) is 0 Å². The molecule has 0 aliphatic heterocycles. The minimum Gasteiger partial charge on any atom is -0.399 e. The zero-order valence-electron chi connectivity index (χ0n) is 8.98. The van der Waals surface area contributed by atoms with Crippen molar-refractivity contribution in [3.05, 3.63) is 53.9 Å². The SMILES string of the molecule is CCn1cccc1Cc1cccc(N)c1. The van der Waals surface area contributed by atoms with E-state index < -0.39 is 0 Å². The Labute approximate surface area is 90.3 Å². The third-order valence-corrected chi connectivity index (χ3v) is 2.60. The number of aryl methyl sites for hydroxylation is 1. The quantitative estimate of drug-likeness (QED) is 0.759. The van der Waals surface area contributed by atoms with Gasteiger partial charge in [-0.25, -0.2) is 0 Å². The van der Waals surface area contributed by atoms with Crippen LogP contribution in [0.25, 0.3) is 0 Å². The summed E-state index contributed by atoms with van der Waals surface area (Å²) in [6.45, 7) is 3.17. The first-order valence-electron chi connectivity index (χ1n) is 5.28. The minimum absolute atomic E-state index is 0.835. The molecule has 78 valence electrons. The Morgan fingerprint density at radius 3 is 2.80 bits per heavy atom. The topological polar surface area (TPSA) is 30.9 Å². The maximum absolute atomic E-state index is 5.75. The Balaban J connectivity index is 2.22. The fourth-order valence-corrected chi connectivity index (χ4v) is 1.83. The Bertz CT molecular complexity index is 443. The molecule has 1 aromatic heterocycles. The van der Waals surface area contributed by atoms with Crippen molar-refractivity contribution < 1.29 is 0 Å². The van der Waals surface area contributed by atoms with Crippen molar-refractivity contribution in [1.82, 2.24) is 4.57 Å². The first-order valence-corrected chi connectivity index (χ1v) is 5.28. The lowest BCUT2D eigenvalue weighted by Gasteiger charge is -2.06. The molecule has 2 aromatic rings. The monoisotopic (exact) mass is 200 g/mol. The number of hydrogen-bond donors (Lipinski definition) is 1. The van der Waals surface area contributed by atoms with Gasteiger partial charge in [-0.05, 0) is 36.8 Å². The van der Waals surface area contributed by atoms with Gasteiger partial charge in [0.1, 0.15) is 0 Å². The smallest absolute Gasteiger partial charge is 0.0316 e. The number of rotatable bonds is 3. The fourth-order valence-electron chi connectivity index (χ4n) is 1.83. The molecule has 0 atom stereocenters. The van der Waals surface area contributed by atoms with E-state index in [2.05, 4.69) is 35.9 Å².